The first-order chi connectivity index (χ1) is 8.49. The Morgan fingerprint density at radius 2 is 2.33 bits per heavy atom. The van der Waals surface area contributed by atoms with Gasteiger partial charge < -0.3 is 0 Å². The molecule has 18 heavy (non-hydrogen) atoms. The molecule has 0 radical (unpaired) electrons. The molecule has 8 nitrogen and oxygen atoms in total. The molecule has 94 valence electrons. The summed E-state index contributed by atoms with van der Waals surface area (Å²) in [6.07, 6.45) is 1.04. The Labute approximate surface area is 105 Å². The average Bonchev–Trinajstić information content (AvgIpc) is 2.85. The largest absolute Gasteiger partial charge is 0.320 e. The predicted octanol–water partition coefficient (Wildman–Crippen LogP) is 1.35. The zero-order valence-corrected chi connectivity index (χ0v) is 10.4. The van der Waals surface area contributed by atoms with Crippen molar-refractivity contribution in [1.29, 1.82) is 0 Å². The van der Waals surface area contributed by atoms with E-state index >= 15 is 0 Å². The van der Waals surface area contributed by atoms with Crippen LogP contribution in [0.4, 0.5) is 10.8 Å². The third-order valence-electron chi connectivity index (χ3n) is 2.17. The van der Waals surface area contributed by atoms with Crippen LogP contribution in [0.25, 0.3) is 0 Å². The number of amides is 1. The summed E-state index contributed by atoms with van der Waals surface area (Å²) in [4.78, 5) is 26.1. The highest BCUT2D eigenvalue weighted by atomic mass is 32.1. The highest BCUT2D eigenvalue weighted by Crippen LogP contribution is 2.20. The lowest BCUT2D eigenvalue weighted by Crippen LogP contribution is -2.17. The summed E-state index contributed by atoms with van der Waals surface area (Å²) < 4.78 is 1.16. The first-order valence-electron chi connectivity index (χ1n) is 4.89. The second kappa shape index (κ2) is 4.53. The quantitative estimate of drug-likeness (QED) is 0.667. The van der Waals surface area contributed by atoms with Crippen molar-refractivity contribution < 1.29 is 9.72 Å². The van der Waals surface area contributed by atoms with Gasteiger partial charge >= 0.3 is 5.69 Å². The van der Waals surface area contributed by atoms with Crippen LogP contribution in [0.15, 0.2) is 11.6 Å². The van der Waals surface area contributed by atoms with Crippen LogP contribution in [0.3, 0.4) is 0 Å². The lowest BCUT2D eigenvalue weighted by Gasteiger charge is -2.01. The maximum Gasteiger partial charge on any atom is 0.320 e. The number of aryl methyl sites for hydroxylation is 2. The Hall–Kier alpha value is -2.29. The molecule has 0 saturated heterocycles. The molecule has 0 spiro atoms. The van der Waals surface area contributed by atoms with Crippen molar-refractivity contribution in [2.75, 3.05) is 5.32 Å². The number of hydrogen-bond donors (Lipinski definition) is 1. The van der Waals surface area contributed by atoms with E-state index in [2.05, 4.69) is 15.4 Å². The minimum Gasteiger partial charge on any atom is -0.296 e. The predicted molar refractivity (Wildman–Crippen MR) is 64.7 cm³/mol. The number of rotatable bonds is 3. The molecule has 0 aliphatic heterocycles. The number of nitrogens with zero attached hydrogens (tertiary/aromatic N) is 4. The molecule has 1 N–H and O–H groups in total. The third-order valence-corrected chi connectivity index (χ3v) is 3.05. The van der Waals surface area contributed by atoms with Crippen LogP contribution in [-0.4, -0.2) is 25.6 Å². The van der Waals surface area contributed by atoms with Gasteiger partial charge in [0.05, 0.1) is 10.6 Å². The topological polar surface area (TPSA) is 103 Å². The van der Waals surface area contributed by atoms with Gasteiger partial charge in [-0.1, -0.05) is 0 Å². The minimum atomic E-state index is -0.644. The zero-order valence-electron chi connectivity index (χ0n) is 9.58. The fraction of sp³-hybridized carbons (Fsp3) is 0.222. The van der Waals surface area contributed by atoms with Crippen molar-refractivity contribution in [3.63, 3.8) is 0 Å². The van der Waals surface area contributed by atoms with E-state index in [9.17, 15) is 14.9 Å². The van der Waals surface area contributed by atoms with Crippen LogP contribution in [0, 0.1) is 17.0 Å². The van der Waals surface area contributed by atoms with Gasteiger partial charge in [0.2, 0.25) is 5.69 Å². The third kappa shape index (κ3) is 2.20. The Balaban J connectivity index is 2.29. The summed E-state index contributed by atoms with van der Waals surface area (Å²) in [7, 11) is 1.47. The van der Waals surface area contributed by atoms with Gasteiger partial charge in [-0.3, -0.25) is 24.9 Å². The molecule has 0 fully saturated rings. The summed E-state index contributed by atoms with van der Waals surface area (Å²) in [6, 6.07) is 0. The number of nitro groups is 1. The lowest BCUT2D eigenvalue weighted by atomic mass is 10.3. The highest BCUT2D eigenvalue weighted by Gasteiger charge is 2.25. The van der Waals surface area contributed by atoms with E-state index < -0.39 is 10.8 Å². The monoisotopic (exact) mass is 267 g/mol. The number of carbonyl (C=O) groups excluding carboxylic acids is 1. The number of nitrogens with one attached hydrogen (secondary N) is 1. The number of hydrogen-bond acceptors (Lipinski definition) is 6. The van der Waals surface area contributed by atoms with Crippen molar-refractivity contribution in [3.8, 4) is 0 Å². The fourth-order valence-electron chi connectivity index (χ4n) is 1.39. The van der Waals surface area contributed by atoms with Gasteiger partial charge in [-0.15, -0.1) is 11.3 Å². The van der Waals surface area contributed by atoms with Crippen LogP contribution in [0.5, 0.6) is 0 Å². The highest BCUT2D eigenvalue weighted by molar-refractivity contribution is 7.13. The molecule has 2 aromatic rings. The minimum absolute atomic E-state index is 0.104. The Morgan fingerprint density at radius 1 is 1.61 bits per heavy atom. The van der Waals surface area contributed by atoms with E-state index in [0.717, 1.165) is 16.6 Å². The van der Waals surface area contributed by atoms with Crippen LogP contribution in [0.1, 0.15) is 16.2 Å². The van der Waals surface area contributed by atoms with Gasteiger partial charge in [0.1, 0.15) is 6.20 Å². The van der Waals surface area contributed by atoms with Crippen LogP contribution < -0.4 is 5.32 Å². The Morgan fingerprint density at radius 3 is 2.89 bits per heavy atom. The van der Waals surface area contributed by atoms with Crippen molar-refractivity contribution in [2.45, 2.75) is 6.92 Å². The molecule has 9 heteroatoms. The number of thiazole rings is 1. The summed E-state index contributed by atoms with van der Waals surface area (Å²) >= 11 is 1.25. The molecule has 0 saturated carbocycles. The zero-order chi connectivity index (χ0) is 13.3. The average molecular weight is 267 g/mol. The van der Waals surface area contributed by atoms with Crippen molar-refractivity contribution in [1.82, 2.24) is 14.8 Å². The fourth-order valence-corrected chi connectivity index (χ4v) is 2.07. The molecule has 1 amide bonds. The van der Waals surface area contributed by atoms with Crippen molar-refractivity contribution in [2.24, 2.45) is 7.05 Å². The second-order valence-electron chi connectivity index (χ2n) is 3.51. The number of aromatic nitrogens is 3. The van der Waals surface area contributed by atoms with Crippen LogP contribution in [-0.2, 0) is 7.05 Å². The maximum absolute atomic E-state index is 11.9. The Bertz CT molecular complexity index is 618. The molecular weight excluding hydrogens is 258 g/mol. The van der Waals surface area contributed by atoms with Gasteiger partial charge in [0.25, 0.3) is 5.91 Å². The first-order valence-corrected chi connectivity index (χ1v) is 5.77. The molecule has 0 aliphatic carbocycles. The SMILES string of the molecule is Cc1csc(NC(=O)c2c([N+](=O)[O-])cnn2C)n1. The maximum atomic E-state index is 11.9. The molecule has 0 unspecified atom stereocenters. The molecule has 2 rings (SSSR count). The second-order valence-corrected chi connectivity index (χ2v) is 4.37. The summed E-state index contributed by atoms with van der Waals surface area (Å²) in [6.45, 7) is 1.79. The van der Waals surface area contributed by atoms with E-state index in [1.54, 1.807) is 12.3 Å². The normalized spacial score (nSPS) is 10.3. The van der Waals surface area contributed by atoms with E-state index in [1.165, 1.54) is 18.4 Å². The van der Waals surface area contributed by atoms with Crippen molar-refractivity contribution >= 4 is 28.1 Å². The van der Waals surface area contributed by atoms with Crippen LogP contribution >= 0.6 is 11.3 Å². The smallest absolute Gasteiger partial charge is 0.296 e. The molecule has 0 atom stereocenters. The standard InChI is InChI=1S/C9H9N5O3S/c1-5-4-18-9(11-5)12-8(15)7-6(14(16)17)3-10-13(7)2/h3-4H,1-2H3,(H,11,12,15). The molecule has 0 aromatic carbocycles. The molecular formula is C9H9N5O3S. The van der Waals surface area contributed by atoms with Gasteiger partial charge in [-0.2, -0.15) is 5.10 Å². The molecule has 0 bridgehead atoms. The molecule has 2 heterocycles. The molecule has 2 aromatic heterocycles. The summed E-state index contributed by atoms with van der Waals surface area (Å²) in [5.74, 6) is -0.601. The summed E-state index contributed by atoms with van der Waals surface area (Å²) in [5, 5.41) is 19.1. The lowest BCUT2D eigenvalue weighted by molar-refractivity contribution is -0.385. The van der Waals surface area contributed by atoms with E-state index in [0.29, 0.717) is 5.13 Å². The van der Waals surface area contributed by atoms with Gasteiger partial charge in [-0.25, -0.2) is 4.98 Å². The van der Waals surface area contributed by atoms with Crippen LogP contribution in [0.2, 0.25) is 0 Å². The Kier molecular flexibility index (Phi) is 3.06. The van der Waals surface area contributed by atoms with E-state index in [1.807, 2.05) is 0 Å². The van der Waals surface area contributed by atoms with Gasteiger partial charge in [0.15, 0.2) is 5.13 Å². The van der Waals surface area contributed by atoms with Crippen molar-refractivity contribution in [3.05, 3.63) is 33.1 Å². The summed E-state index contributed by atoms with van der Waals surface area (Å²) in [5.41, 5.74) is 0.339. The number of carbonyl (C=O) groups is 1. The van der Waals surface area contributed by atoms with E-state index in [-0.39, 0.29) is 11.4 Å². The van der Waals surface area contributed by atoms with E-state index in [4.69, 9.17) is 0 Å². The van der Waals surface area contributed by atoms with Gasteiger partial charge in [0, 0.05) is 12.4 Å². The first kappa shape index (κ1) is 12.2. The number of anilines is 1. The molecule has 0 aliphatic rings. The van der Waals surface area contributed by atoms with Gasteiger partial charge in [-0.05, 0) is 6.92 Å².